The Labute approximate surface area is 86.0 Å². The number of thiophene rings is 1. The SMILES string of the molecule is NC(=O)c1sc(Br)c(N)c1C(N)=O. The van der Waals surface area contributed by atoms with Gasteiger partial charge in [0.1, 0.15) is 4.88 Å². The Morgan fingerprint density at radius 2 is 1.77 bits per heavy atom. The van der Waals surface area contributed by atoms with Crippen LogP contribution >= 0.6 is 27.3 Å². The molecular formula is C6H6BrN3O2S. The Balaban J connectivity index is 3.44. The molecule has 1 aromatic rings. The van der Waals surface area contributed by atoms with E-state index >= 15 is 0 Å². The largest absolute Gasteiger partial charge is 0.396 e. The molecular weight excluding hydrogens is 258 g/mol. The van der Waals surface area contributed by atoms with Crippen LogP contribution < -0.4 is 17.2 Å². The van der Waals surface area contributed by atoms with Gasteiger partial charge in [0, 0.05) is 0 Å². The van der Waals surface area contributed by atoms with Gasteiger partial charge in [0.2, 0.25) is 0 Å². The van der Waals surface area contributed by atoms with Crippen molar-refractivity contribution in [1.29, 1.82) is 0 Å². The maximum Gasteiger partial charge on any atom is 0.259 e. The van der Waals surface area contributed by atoms with Crippen LogP contribution in [0.1, 0.15) is 20.0 Å². The number of carbonyl (C=O) groups is 2. The average Bonchev–Trinajstić information content (AvgIpc) is 2.28. The summed E-state index contributed by atoms with van der Waals surface area (Å²) < 4.78 is 0.482. The van der Waals surface area contributed by atoms with Crippen LogP contribution in [0.2, 0.25) is 0 Å². The van der Waals surface area contributed by atoms with Gasteiger partial charge in [-0.1, -0.05) is 0 Å². The number of primary amides is 2. The van der Waals surface area contributed by atoms with Crippen molar-refractivity contribution in [2.24, 2.45) is 11.5 Å². The van der Waals surface area contributed by atoms with E-state index in [1.54, 1.807) is 0 Å². The fraction of sp³-hybridized carbons (Fsp3) is 0. The summed E-state index contributed by atoms with van der Waals surface area (Å²) in [5, 5.41) is 0. The molecule has 0 saturated carbocycles. The van der Waals surface area contributed by atoms with E-state index in [9.17, 15) is 9.59 Å². The Morgan fingerprint density at radius 3 is 2.08 bits per heavy atom. The van der Waals surface area contributed by atoms with E-state index in [2.05, 4.69) is 15.9 Å². The minimum absolute atomic E-state index is 0.00984. The van der Waals surface area contributed by atoms with Crippen LogP contribution in [0.4, 0.5) is 5.69 Å². The maximum absolute atomic E-state index is 10.9. The number of hydrogen-bond donors (Lipinski definition) is 3. The molecule has 0 atom stereocenters. The lowest BCUT2D eigenvalue weighted by atomic mass is 10.2. The first-order valence-electron chi connectivity index (χ1n) is 3.12. The van der Waals surface area contributed by atoms with Gasteiger partial charge in [0.15, 0.2) is 0 Å². The molecule has 1 heterocycles. The normalized spacial score (nSPS) is 9.92. The summed E-state index contributed by atoms with van der Waals surface area (Å²) in [5.41, 5.74) is 15.7. The molecule has 0 aliphatic heterocycles. The second kappa shape index (κ2) is 3.35. The van der Waals surface area contributed by atoms with E-state index in [1.165, 1.54) is 0 Å². The molecule has 0 spiro atoms. The monoisotopic (exact) mass is 263 g/mol. The fourth-order valence-electron chi connectivity index (χ4n) is 0.834. The Hall–Kier alpha value is -1.08. The molecule has 0 aliphatic carbocycles. The van der Waals surface area contributed by atoms with Gasteiger partial charge in [-0.25, -0.2) is 0 Å². The lowest BCUT2D eigenvalue weighted by Gasteiger charge is -1.95. The highest BCUT2D eigenvalue weighted by Gasteiger charge is 2.21. The molecule has 0 aromatic carbocycles. The van der Waals surface area contributed by atoms with Crippen molar-refractivity contribution < 1.29 is 9.59 Å². The van der Waals surface area contributed by atoms with Crippen LogP contribution in [0.25, 0.3) is 0 Å². The van der Waals surface area contributed by atoms with E-state index in [0.29, 0.717) is 3.79 Å². The van der Waals surface area contributed by atoms with Crippen molar-refractivity contribution in [2.45, 2.75) is 0 Å². The quantitative estimate of drug-likeness (QED) is 0.713. The molecule has 0 bridgehead atoms. The summed E-state index contributed by atoms with van der Waals surface area (Å²) in [4.78, 5) is 21.8. The van der Waals surface area contributed by atoms with Crippen molar-refractivity contribution in [1.82, 2.24) is 0 Å². The van der Waals surface area contributed by atoms with Crippen molar-refractivity contribution in [3.8, 4) is 0 Å². The molecule has 6 N–H and O–H groups in total. The first-order chi connectivity index (χ1) is 5.95. The van der Waals surface area contributed by atoms with Gasteiger partial charge in [-0.3, -0.25) is 9.59 Å². The van der Waals surface area contributed by atoms with Gasteiger partial charge >= 0.3 is 0 Å². The number of halogens is 1. The first kappa shape index (κ1) is 10.0. The topological polar surface area (TPSA) is 112 Å². The molecule has 0 aliphatic rings. The van der Waals surface area contributed by atoms with Crippen LogP contribution in [-0.2, 0) is 0 Å². The third-order valence-corrected chi connectivity index (χ3v) is 3.29. The molecule has 0 radical (unpaired) electrons. The summed E-state index contributed by atoms with van der Waals surface area (Å²) in [6, 6.07) is 0. The van der Waals surface area contributed by atoms with Crippen molar-refractivity contribution in [3.63, 3.8) is 0 Å². The molecule has 1 rings (SSSR count). The average molecular weight is 264 g/mol. The van der Waals surface area contributed by atoms with Gasteiger partial charge in [-0.05, 0) is 15.9 Å². The molecule has 13 heavy (non-hydrogen) atoms. The predicted molar refractivity (Wildman–Crippen MR) is 53.5 cm³/mol. The third-order valence-electron chi connectivity index (χ3n) is 1.37. The molecule has 0 unspecified atom stereocenters. The fourth-order valence-corrected chi connectivity index (χ4v) is 2.32. The van der Waals surface area contributed by atoms with Crippen LogP contribution in [0.5, 0.6) is 0 Å². The van der Waals surface area contributed by atoms with Gasteiger partial charge in [0.05, 0.1) is 15.0 Å². The van der Waals surface area contributed by atoms with Gasteiger partial charge in [-0.15, -0.1) is 11.3 Å². The molecule has 0 fully saturated rings. The summed E-state index contributed by atoms with van der Waals surface area (Å²) in [7, 11) is 0. The summed E-state index contributed by atoms with van der Waals surface area (Å²) >= 11 is 4.08. The standard InChI is InChI=1S/C6H6BrN3O2S/c7-4-2(8)1(5(9)11)3(13-4)6(10)12/h8H2,(H2,9,11)(H2,10,12). The molecule has 7 heteroatoms. The molecule has 1 aromatic heterocycles. The molecule has 5 nitrogen and oxygen atoms in total. The zero-order valence-electron chi connectivity index (χ0n) is 6.33. The van der Waals surface area contributed by atoms with E-state index in [0.717, 1.165) is 11.3 Å². The summed E-state index contributed by atoms with van der Waals surface area (Å²) in [5.74, 6) is -1.47. The molecule has 0 saturated heterocycles. The zero-order valence-corrected chi connectivity index (χ0v) is 8.74. The minimum atomic E-state index is -0.756. The second-order valence-corrected chi connectivity index (χ2v) is 4.56. The lowest BCUT2D eigenvalue weighted by molar-refractivity contribution is 0.0971. The maximum atomic E-state index is 10.9. The number of hydrogen-bond acceptors (Lipinski definition) is 4. The van der Waals surface area contributed by atoms with Gasteiger partial charge in [0.25, 0.3) is 11.8 Å². The number of anilines is 1. The van der Waals surface area contributed by atoms with E-state index in [1.807, 2.05) is 0 Å². The number of rotatable bonds is 2. The van der Waals surface area contributed by atoms with E-state index in [-0.39, 0.29) is 16.1 Å². The highest BCUT2D eigenvalue weighted by molar-refractivity contribution is 9.11. The van der Waals surface area contributed by atoms with Crippen LogP contribution in [0.15, 0.2) is 3.79 Å². The van der Waals surface area contributed by atoms with E-state index in [4.69, 9.17) is 17.2 Å². The lowest BCUT2D eigenvalue weighted by Crippen LogP contribution is -2.19. The zero-order chi connectivity index (χ0) is 10.2. The minimum Gasteiger partial charge on any atom is -0.396 e. The predicted octanol–water partition coefficient (Wildman–Crippen LogP) is 0.291. The van der Waals surface area contributed by atoms with Crippen LogP contribution in [-0.4, -0.2) is 11.8 Å². The Morgan fingerprint density at radius 1 is 1.23 bits per heavy atom. The Bertz CT molecular complexity index is 387. The first-order valence-corrected chi connectivity index (χ1v) is 4.73. The number of nitrogens with two attached hydrogens (primary N) is 3. The Kier molecular flexibility index (Phi) is 2.58. The van der Waals surface area contributed by atoms with Gasteiger partial charge in [-0.2, -0.15) is 0 Å². The molecule has 70 valence electrons. The van der Waals surface area contributed by atoms with Crippen molar-refractivity contribution in [3.05, 3.63) is 14.2 Å². The van der Waals surface area contributed by atoms with Gasteiger partial charge < -0.3 is 17.2 Å². The highest BCUT2D eigenvalue weighted by atomic mass is 79.9. The number of amides is 2. The molecule has 2 amide bonds. The highest BCUT2D eigenvalue weighted by Crippen LogP contribution is 2.34. The number of nitrogen functional groups attached to an aromatic ring is 1. The van der Waals surface area contributed by atoms with Crippen LogP contribution in [0.3, 0.4) is 0 Å². The summed E-state index contributed by atoms with van der Waals surface area (Å²) in [6.45, 7) is 0. The van der Waals surface area contributed by atoms with Crippen molar-refractivity contribution >= 4 is 44.8 Å². The second-order valence-electron chi connectivity index (χ2n) is 2.22. The number of carbonyl (C=O) groups excluding carboxylic acids is 2. The van der Waals surface area contributed by atoms with Crippen LogP contribution in [0, 0.1) is 0 Å². The van der Waals surface area contributed by atoms with E-state index < -0.39 is 11.8 Å². The summed E-state index contributed by atoms with van der Waals surface area (Å²) in [6.07, 6.45) is 0. The smallest absolute Gasteiger partial charge is 0.259 e. The van der Waals surface area contributed by atoms with Crippen molar-refractivity contribution in [2.75, 3.05) is 5.73 Å². The third kappa shape index (κ3) is 1.65.